The average molecular weight is 318 g/mol. The normalized spacial score (nSPS) is 11.7. The summed E-state index contributed by atoms with van der Waals surface area (Å²) in [5.41, 5.74) is 3.03. The number of benzene rings is 2. The number of nitrogens with zero attached hydrogens (tertiary/aromatic N) is 1. The molecule has 1 aromatic heterocycles. The van der Waals surface area contributed by atoms with Crippen molar-refractivity contribution in [1.29, 1.82) is 0 Å². The first kappa shape index (κ1) is 14.0. The Hall–Kier alpha value is -1.92. The predicted octanol–water partition coefficient (Wildman–Crippen LogP) is 3.71. The van der Waals surface area contributed by atoms with Crippen LogP contribution in [-0.4, -0.2) is 13.4 Å². The summed E-state index contributed by atoms with van der Waals surface area (Å²) in [6, 6.07) is 12.3. The maximum atomic E-state index is 12.3. The minimum absolute atomic E-state index is 0.233. The molecule has 0 aliphatic carbocycles. The lowest BCUT2D eigenvalue weighted by molar-refractivity contribution is 0.601. The van der Waals surface area contributed by atoms with Gasteiger partial charge in [-0.05, 0) is 43.2 Å². The molecule has 108 valence electrons. The molecule has 0 atom stereocenters. The summed E-state index contributed by atoms with van der Waals surface area (Å²) in [4.78, 5) is 4.63. The number of aromatic nitrogens is 1. The SMILES string of the molecule is Cc1cc(C)c2nc(NS(=O)(=O)c3ccccc3)sc2c1. The van der Waals surface area contributed by atoms with Crippen LogP contribution in [0.25, 0.3) is 10.2 Å². The zero-order valence-electron chi connectivity index (χ0n) is 11.6. The third kappa shape index (κ3) is 2.77. The quantitative estimate of drug-likeness (QED) is 0.801. The number of thiazole rings is 1. The summed E-state index contributed by atoms with van der Waals surface area (Å²) in [5.74, 6) is 0. The van der Waals surface area contributed by atoms with Crippen molar-refractivity contribution in [2.45, 2.75) is 18.7 Å². The van der Waals surface area contributed by atoms with Crippen LogP contribution in [0.5, 0.6) is 0 Å². The average Bonchev–Trinajstić information content (AvgIpc) is 2.81. The highest BCUT2D eigenvalue weighted by Crippen LogP contribution is 2.30. The van der Waals surface area contributed by atoms with Crippen LogP contribution in [0.3, 0.4) is 0 Å². The van der Waals surface area contributed by atoms with Crippen LogP contribution < -0.4 is 4.72 Å². The minimum Gasteiger partial charge on any atom is -0.255 e. The fourth-order valence-electron chi connectivity index (χ4n) is 2.19. The van der Waals surface area contributed by atoms with Crippen molar-refractivity contribution in [2.24, 2.45) is 0 Å². The highest BCUT2D eigenvalue weighted by molar-refractivity contribution is 7.93. The highest BCUT2D eigenvalue weighted by Gasteiger charge is 2.16. The Morgan fingerprint density at radius 3 is 2.52 bits per heavy atom. The molecule has 0 spiro atoms. The van der Waals surface area contributed by atoms with Gasteiger partial charge in [-0.3, -0.25) is 4.72 Å². The van der Waals surface area contributed by atoms with Crippen molar-refractivity contribution in [3.8, 4) is 0 Å². The number of sulfonamides is 1. The third-order valence-electron chi connectivity index (χ3n) is 3.11. The van der Waals surface area contributed by atoms with Gasteiger partial charge < -0.3 is 0 Å². The molecule has 0 saturated heterocycles. The van der Waals surface area contributed by atoms with Crippen molar-refractivity contribution < 1.29 is 8.42 Å². The first-order valence-corrected chi connectivity index (χ1v) is 8.71. The zero-order valence-corrected chi connectivity index (χ0v) is 13.3. The molecule has 0 unspecified atom stereocenters. The van der Waals surface area contributed by atoms with E-state index in [1.165, 1.54) is 11.3 Å². The molecule has 2 aromatic carbocycles. The molecule has 3 aromatic rings. The fraction of sp³-hybridized carbons (Fsp3) is 0.133. The number of fused-ring (bicyclic) bond motifs is 1. The Balaban J connectivity index is 2.01. The van der Waals surface area contributed by atoms with Crippen molar-refractivity contribution in [3.05, 3.63) is 53.6 Å². The van der Waals surface area contributed by atoms with Crippen LogP contribution in [0.4, 0.5) is 5.13 Å². The Labute approximate surface area is 127 Å². The van der Waals surface area contributed by atoms with Gasteiger partial charge in [0.15, 0.2) is 5.13 Å². The van der Waals surface area contributed by atoms with Gasteiger partial charge in [0.25, 0.3) is 10.0 Å². The van der Waals surface area contributed by atoms with Gasteiger partial charge in [0, 0.05) is 0 Å². The predicted molar refractivity (Wildman–Crippen MR) is 86.3 cm³/mol. The second-order valence-electron chi connectivity index (χ2n) is 4.87. The Bertz CT molecular complexity index is 900. The number of hydrogen-bond donors (Lipinski definition) is 1. The molecule has 1 N–H and O–H groups in total. The standard InChI is InChI=1S/C15H14N2O2S2/c1-10-8-11(2)14-13(9-10)20-15(16-14)17-21(18,19)12-6-4-3-5-7-12/h3-9H,1-2H3,(H,16,17). The third-order valence-corrected chi connectivity index (χ3v) is 5.51. The maximum absolute atomic E-state index is 12.3. The molecule has 0 fully saturated rings. The number of rotatable bonds is 3. The first-order chi connectivity index (χ1) is 9.95. The molecule has 4 nitrogen and oxygen atoms in total. The van der Waals surface area contributed by atoms with Gasteiger partial charge in [0.1, 0.15) is 0 Å². The topological polar surface area (TPSA) is 59.1 Å². The van der Waals surface area contributed by atoms with Gasteiger partial charge in [-0.1, -0.05) is 35.6 Å². The van der Waals surface area contributed by atoms with Crippen LogP contribution in [0.2, 0.25) is 0 Å². The smallest absolute Gasteiger partial charge is 0.255 e. The molecule has 0 saturated carbocycles. The van der Waals surface area contributed by atoms with E-state index < -0.39 is 10.0 Å². The van der Waals surface area contributed by atoms with Gasteiger partial charge in [0.05, 0.1) is 15.1 Å². The van der Waals surface area contributed by atoms with Gasteiger partial charge >= 0.3 is 0 Å². The van der Waals surface area contributed by atoms with Crippen molar-refractivity contribution in [3.63, 3.8) is 0 Å². The van der Waals surface area contributed by atoms with E-state index in [1.54, 1.807) is 30.3 Å². The van der Waals surface area contributed by atoms with E-state index in [2.05, 4.69) is 9.71 Å². The lowest BCUT2D eigenvalue weighted by Crippen LogP contribution is -2.12. The molecule has 21 heavy (non-hydrogen) atoms. The molecule has 0 amide bonds. The summed E-state index contributed by atoms with van der Waals surface area (Å²) in [6.45, 7) is 3.99. The van der Waals surface area contributed by atoms with Crippen LogP contribution in [-0.2, 0) is 10.0 Å². The van der Waals surface area contributed by atoms with Gasteiger partial charge in [0.2, 0.25) is 0 Å². The minimum atomic E-state index is -3.59. The van der Waals surface area contributed by atoms with Crippen molar-refractivity contribution >= 4 is 36.7 Å². The van der Waals surface area contributed by atoms with E-state index in [1.807, 2.05) is 26.0 Å². The number of anilines is 1. The van der Waals surface area contributed by atoms with Crippen LogP contribution in [0.15, 0.2) is 47.4 Å². The number of aryl methyl sites for hydroxylation is 2. The molecule has 0 radical (unpaired) electrons. The monoisotopic (exact) mass is 318 g/mol. The summed E-state index contributed by atoms with van der Waals surface area (Å²) in [6.07, 6.45) is 0. The molecule has 6 heteroatoms. The molecule has 0 aliphatic rings. The van der Waals surface area contributed by atoms with Crippen LogP contribution >= 0.6 is 11.3 Å². The Kier molecular flexibility index (Phi) is 3.43. The maximum Gasteiger partial charge on any atom is 0.263 e. The summed E-state index contributed by atoms with van der Waals surface area (Å²) < 4.78 is 28.1. The first-order valence-electron chi connectivity index (χ1n) is 6.41. The molecular formula is C15H14N2O2S2. The van der Waals surface area contributed by atoms with E-state index in [0.717, 1.165) is 21.3 Å². The molecule has 0 bridgehead atoms. The van der Waals surface area contributed by atoms with Crippen LogP contribution in [0, 0.1) is 13.8 Å². The van der Waals surface area contributed by atoms with Crippen molar-refractivity contribution in [2.75, 3.05) is 4.72 Å². The molecule has 1 heterocycles. The zero-order chi connectivity index (χ0) is 15.0. The second-order valence-corrected chi connectivity index (χ2v) is 7.58. The van der Waals surface area contributed by atoms with Gasteiger partial charge in [-0.15, -0.1) is 0 Å². The second kappa shape index (κ2) is 5.13. The molecule has 3 rings (SSSR count). The van der Waals surface area contributed by atoms with Crippen molar-refractivity contribution in [1.82, 2.24) is 4.98 Å². The summed E-state index contributed by atoms with van der Waals surface area (Å²) >= 11 is 1.35. The Morgan fingerprint density at radius 2 is 1.81 bits per heavy atom. The highest BCUT2D eigenvalue weighted by atomic mass is 32.2. The summed E-state index contributed by atoms with van der Waals surface area (Å²) in [7, 11) is -3.59. The number of hydrogen-bond acceptors (Lipinski definition) is 4. The van der Waals surface area contributed by atoms with E-state index in [4.69, 9.17) is 0 Å². The summed E-state index contributed by atoms with van der Waals surface area (Å²) in [5, 5.41) is 0.391. The van der Waals surface area contributed by atoms with E-state index in [-0.39, 0.29) is 4.90 Å². The lowest BCUT2D eigenvalue weighted by atomic mass is 10.1. The number of nitrogens with one attached hydrogen (secondary N) is 1. The molecule has 0 aliphatic heterocycles. The fourth-order valence-corrected chi connectivity index (χ4v) is 4.49. The van der Waals surface area contributed by atoms with E-state index >= 15 is 0 Å². The Morgan fingerprint density at radius 1 is 1.10 bits per heavy atom. The lowest BCUT2D eigenvalue weighted by Gasteiger charge is -2.03. The van der Waals surface area contributed by atoms with Gasteiger partial charge in [-0.2, -0.15) is 0 Å². The largest absolute Gasteiger partial charge is 0.263 e. The van der Waals surface area contributed by atoms with Gasteiger partial charge in [-0.25, -0.2) is 13.4 Å². The van der Waals surface area contributed by atoms with Crippen LogP contribution in [0.1, 0.15) is 11.1 Å². The van der Waals surface area contributed by atoms with E-state index in [9.17, 15) is 8.42 Å². The van der Waals surface area contributed by atoms with E-state index in [0.29, 0.717) is 5.13 Å². The molecular weight excluding hydrogens is 304 g/mol.